The Morgan fingerprint density at radius 2 is 1.22 bits per heavy atom. The van der Waals surface area contributed by atoms with E-state index < -0.39 is 0 Å². The highest BCUT2D eigenvalue weighted by Crippen LogP contribution is 2.46. The Balaban J connectivity index is 1.21. The van der Waals surface area contributed by atoms with E-state index in [1.807, 2.05) is 6.08 Å². The van der Waals surface area contributed by atoms with Crippen molar-refractivity contribution in [1.29, 1.82) is 0 Å². The van der Waals surface area contributed by atoms with Gasteiger partial charge in [0.05, 0.1) is 11.4 Å². The van der Waals surface area contributed by atoms with Gasteiger partial charge in [-0.2, -0.15) is 0 Å². The van der Waals surface area contributed by atoms with Gasteiger partial charge in [0.1, 0.15) is 0 Å². The Kier molecular flexibility index (Phi) is 11.9. The number of benzene rings is 9. The van der Waals surface area contributed by atoms with Crippen molar-refractivity contribution in [3.05, 3.63) is 256 Å². The molecule has 0 spiro atoms. The van der Waals surface area contributed by atoms with Crippen LogP contribution in [0, 0.1) is 6.92 Å². The molecule has 1 aliphatic carbocycles. The molecule has 0 heterocycles. The third kappa shape index (κ3) is 8.35. The van der Waals surface area contributed by atoms with Crippen LogP contribution in [0.5, 0.6) is 0 Å². The summed E-state index contributed by atoms with van der Waals surface area (Å²) in [5.74, 6) is 0. The van der Waals surface area contributed by atoms with E-state index in [9.17, 15) is 0 Å². The van der Waals surface area contributed by atoms with Gasteiger partial charge in [0.15, 0.2) is 0 Å². The first kappa shape index (κ1) is 42.7. The first-order valence-electron chi connectivity index (χ1n) is 23.2. The normalized spacial score (nSPS) is 13.6. The minimum absolute atomic E-state index is 0.741. The van der Waals surface area contributed by atoms with Crippen LogP contribution in [0.4, 0.5) is 11.4 Å². The number of hydrogen-bond donors (Lipinski definition) is 0. The average Bonchev–Trinajstić information content (AvgIpc) is 3.60. The van der Waals surface area contributed by atoms with Crippen LogP contribution < -0.4 is 10.4 Å². The summed E-state index contributed by atoms with van der Waals surface area (Å²) in [7, 11) is 0. The van der Waals surface area contributed by atoms with Crippen molar-refractivity contribution in [2.45, 2.75) is 34.1 Å². The van der Waals surface area contributed by atoms with Crippen molar-refractivity contribution in [3.63, 3.8) is 0 Å². The molecule has 0 N–H and O–H groups in total. The summed E-state index contributed by atoms with van der Waals surface area (Å²) in [6.07, 6.45) is 12.1. The highest BCUT2D eigenvalue weighted by atomic mass is 14.8. The molecule has 0 bridgehead atoms. The van der Waals surface area contributed by atoms with Gasteiger partial charge >= 0.3 is 0 Å². The molecule has 0 atom stereocenters. The lowest BCUT2D eigenvalue weighted by molar-refractivity contribution is 1.36. The van der Waals surface area contributed by atoms with Crippen LogP contribution >= 0.6 is 0 Å². The highest BCUT2D eigenvalue weighted by molar-refractivity contribution is 6.15. The lowest BCUT2D eigenvalue weighted by Crippen LogP contribution is -2.26. The molecule has 10 rings (SSSR count). The van der Waals surface area contributed by atoms with E-state index in [0.717, 1.165) is 57.0 Å². The van der Waals surface area contributed by atoms with Gasteiger partial charge in [-0.1, -0.05) is 201 Å². The minimum Gasteiger partial charge on any atom is -0.253 e. The second-order valence-electron chi connectivity index (χ2n) is 17.3. The van der Waals surface area contributed by atoms with Crippen molar-refractivity contribution >= 4 is 73.7 Å². The number of para-hydroxylation sites is 1. The maximum absolute atomic E-state index is 5.35. The molecule has 9 aromatic carbocycles. The van der Waals surface area contributed by atoms with Crippen LogP contribution in [0.2, 0.25) is 0 Å². The van der Waals surface area contributed by atoms with E-state index in [4.69, 9.17) is 9.98 Å². The number of fused-ring (bicyclic) bond motifs is 3. The summed E-state index contributed by atoms with van der Waals surface area (Å²) >= 11 is 0. The van der Waals surface area contributed by atoms with Gasteiger partial charge < -0.3 is 0 Å². The summed E-state index contributed by atoms with van der Waals surface area (Å²) in [5, 5.41) is 7.19. The molecule has 67 heavy (non-hydrogen) atoms. The Morgan fingerprint density at radius 1 is 0.567 bits per heavy atom. The molecular formula is C65H52N2. The molecule has 9 aromatic rings. The zero-order valence-electron chi connectivity index (χ0n) is 38.6. The molecule has 322 valence electrons. The number of nitrogens with zero attached hydrogens (tertiary/aromatic N) is 2. The highest BCUT2D eigenvalue weighted by Gasteiger charge is 2.23. The zero-order chi connectivity index (χ0) is 45.9. The second kappa shape index (κ2) is 18.7. The molecule has 0 saturated heterocycles. The van der Waals surface area contributed by atoms with E-state index in [0.29, 0.717) is 0 Å². The van der Waals surface area contributed by atoms with Crippen LogP contribution in [-0.2, 0) is 0 Å². The van der Waals surface area contributed by atoms with Gasteiger partial charge in [0.25, 0.3) is 0 Å². The Labute approximate surface area is 394 Å². The summed E-state index contributed by atoms with van der Waals surface area (Å²) in [6, 6.07) is 67.3. The maximum atomic E-state index is 5.35. The van der Waals surface area contributed by atoms with Crippen LogP contribution in [0.15, 0.2) is 217 Å². The largest absolute Gasteiger partial charge is 0.253 e. The van der Waals surface area contributed by atoms with Gasteiger partial charge in [-0.25, -0.2) is 0 Å². The van der Waals surface area contributed by atoms with Gasteiger partial charge in [0, 0.05) is 17.0 Å². The van der Waals surface area contributed by atoms with Crippen LogP contribution in [0.3, 0.4) is 0 Å². The SMILES string of the molecule is C=C/C(c1c2c(c(-c3cccc4ccccc34)c3ccccc13)C=C(c1ccc(N=C(C)c3ccc(-c4ccccc4)cc3)c(C(C)=Nc3ccccc3C)c1)CC=C2)=c1/cccc/c1=C/C. The summed E-state index contributed by atoms with van der Waals surface area (Å²) in [6.45, 7) is 12.9. The van der Waals surface area contributed by atoms with Crippen molar-refractivity contribution < 1.29 is 0 Å². The third-order valence-electron chi connectivity index (χ3n) is 13.2. The second-order valence-corrected chi connectivity index (χ2v) is 17.3. The van der Waals surface area contributed by atoms with Crippen molar-refractivity contribution in [2.24, 2.45) is 9.98 Å². The van der Waals surface area contributed by atoms with E-state index in [2.05, 4.69) is 247 Å². The monoisotopic (exact) mass is 860 g/mol. The van der Waals surface area contributed by atoms with Gasteiger partial charge in [0.2, 0.25) is 0 Å². The van der Waals surface area contributed by atoms with Crippen LogP contribution in [-0.4, -0.2) is 11.4 Å². The molecule has 0 radical (unpaired) electrons. The first-order chi connectivity index (χ1) is 32.9. The lowest BCUT2D eigenvalue weighted by atomic mass is 9.81. The summed E-state index contributed by atoms with van der Waals surface area (Å²) in [4.78, 5) is 10.6. The number of allylic oxidation sites excluding steroid dienone is 3. The number of rotatable bonds is 9. The van der Waals surface area contributed by atoms with Gasteiger partial charge in [-0.3, -0.25) is 9.98 Å². The summed E-state index contributed by atoms with van der Waals surface area (Å²) < 4.78 is 0. The van der Waals surface area contributed by atoms with E-state index in [1.54, 1.807) is 0 Å². The maximum Gasteiger partial charge on any atom is 0.0724 e. The van der Waals surface area contributed by atoms with Gasteiger partial charge in [-0.15, -0.1) is 0 Å². The Morgan fingerprint density at radius 3 is 2.01 bits per heavy atom. The number of aryl methyl sites for hydroxylation is 1. The van der Waals surface area contributed by atoms with Crippen molar-refractivity contribution in [1.82, 2.24) is 0 Å². The standard InChI is InChI=1S/C65H52N2/c1-6-46-22-12-14-28-54(46)53(7-2)64-57-30-16-17-31-58(57)65(56-32-19-26-50-25-13-15-29-55(50)56)61-42-51(27-20-33-59(61)64)52-39-40-63(60(41-52)45(5)67-62-34-18-11-21-43(62)3)66-44(4)47-35-37-49(38-36-47)48-23-9-8-10-24-48/h6-26,28-42H,2,27H2,1,3-5H3/b46-6-,54-53+,66-44?,67-45?. The van der Waals surface area contributed by atoms with Crippen LogP contribution in [0.1, 0.15) is 66.1 Å². The molecule has 0 aromatic heterocycles. The fourth-order valence-electron chi connectivity index (χ4n) is 9.74. The molecule has 1 aliphatic rings. The summed E-state index contributed by atoms with van der Waals surface area (Å²) in [5.41, 5.74) is 18.7. The smallest absolute Gasteiger partial charge is 0.0724 e. The third-order valence-corrected chi connectivity index (χ3v) is 13.2. The number of aliphatic imine (C=N–C) groups is 2. The minimum atomic E-state index is 0.741. The van der Waals surface area contributed by atoms with E-state index in [1.165, 1.54) is 76.5 Å². The van der Waals surface area contributed by atoms with E-state index in [-0.39, 0.29) is 0 Å². The Bertz CT molecular complexity index is 3630. The quantitative estimate of drug-likeness (QED) is 0.129. The van der Waals surface area contributed by atoms with Crippen molar-refractivity contribution in [3.8, 4) is 22.3 Å². The predicted octanol–water partition coefficient (Wildman–Crippen LogP) is 16.1. The Hall–Kier alpha value is -8.20. The molecular weight excluding hydrogens is 809 g/mol. The fourth-order valence-corrected chi connectivity index (χ4v) is 9.74. The zero-order valence-corrected chi connectivity index (χ0v) is 38.6. The lowest BCUT2D eigenvalue weighted by Gasteiger charge is -2.22. The van der Waals surface area contributed by atoms with Crippen LogP contribution in [0.25, 0.3) is 73.2 Å². The first-order valence-corrected chi connectivity index (χ1v) is 23.2. The predicted molar refractivity (Wildman–Crippen MR) is 290 cm³/mol. The molecule has 0 aliphatic heterocycles. The average molecular weight is 861 g/mol. The molecule has 0 saturated carbocycles. The molecule has 2 nitrogen and oxygen atoms in total. The van der Waals surface area contributed by atoms with E-state index >= 15 is 0 Å². The topological polar surface area (TPSA) is 24.7 Å². The van der Waals surface area contributed by atoms with Crippen molar-refractivity contribution in [2.75, 3.05) is 0 Å². The number of hydrogen-bond acceptors (Lipinski definition) is 2. The molecule has 0 unspecified atom stereocenters. The fraction of sp³-hybridized carbons (Fsp3) is 0.0769. The molecule has 0 fully saturated rings. The molecule has 2 heteroatoms. The van der Waals surface area contributed by atoms with Gasteiger partial charge in [-0.05, 0) is 157 Å². The molecule has 0 amide bonds.